The van der Waals surface area contributed by atoms with Gasteiger partial charge in [0.15, 0.2) is 5.79 Å². The van der Waals surface area contributed by atoms with Crippen molar-refractivity contribution in [2.45, 2.75) is 58.0 Å². The van der Waals surface area contributed by atoms with Crippen molar-refractivity contribution in [2.24, 2.45) is 11.3 Å². The Balaban J connectivity index is 2.30. The molecule has 0 aromatic rings. The van der Waals surface area contributed by atoms with Gasteiger partial charge in [-0.05, 0) is 6.92 Å². The summed E-state index contributed by atoms with van der Waals surface area (Å²) in [7, 11) is 0. The molecule has 0 amide bonds. The molecule has 108 valence electrons. The zero-order valence-corrected chi connectivity index (χ0v) is 12.2. The smallest absolute Gasteiger partial charge is 0.169 e. The van der Waals surface area contributed by atoms with Crippen LogP contribution in [0.2, 0.25) is 0 Å². The molecule has 1 saturated heterocycles. The lowest BCUT2D eigenvalue weighted by Crippen LogP contribution is -2.59. The van der Waals surface area contributed by atoms with Crippen molar-refractivity contribution < 1.29 is 19.7 Å². The Morgan fingerprint density at radius 1 is 1.26 bits per heavy atom. The molecule has 3 atom stereocenters. The summed E-state index contributed by atoms with van der Waals surface area (Å²) in [6.45, 7) is 8.74. The van der Waals surface area contributed by atoms with Gasteiger partial charge in [-0.2, -0.15) is 0 Å². The van der Waals surface area contributed by atoms with Crippen LogP contribution < -0.4 is 0 Å². The molecule has 1 heterocycles. The maximum atomic E-state index is 11.0. The van der Waals surface area contributed by atoms with Crippen molar-refractivity contribution in [3.05, 3.63) is 0 Å². The van der Waals surface area contributed by atoms with Crippen LogP contribution in [-0.4, -0.2) is 40.9 Å². The molecule has 2 aliphatic rings. The maximum absolute atomic E-state index is 11.0. The average molecular weight is 268 g/mol. The van der Waals surface area contributed by atoms with E-state index in [4.69, 9.17) is 9.47 Å². The van der Waals surface area contributed by atoms with Gasteiger partial charge in [-0.1, -0.05) is 32.6 Å². The second-order valence-corrected chi connectivity index (χ2v) is 6.49. The predicted octanol–water partition coefficient (Wildman–Crippen LogP) is 1.30. The van der Waals surface area contributed by atoms with Crippen molar-refractivity contribution in [3.8, 4) is 11.8 Å². The Morgan fingerprint density at radius 3 is 2.32 bits per heavy atom. The Labute approximate surface area is 115 Å². The largest absolute Gasteiger partial charge is 0.381 e. The summed E-state index contributed by atoms with van der Waals surface area (Å²) in [6, 6.07) is 0. The van der Waals surface area contributed by atoms with Crippen molar-refractivity contribution in [1.29, 1.82) is 0 Å². The molecule has 4 nitrogen and oxygen atoms in total. The Morgan fingerprint density at radius 2 is 1.84 bits per heavy atom. The summed E-state index contributed by atoms with van der Waals surface area (Å²) in [5.41, 5.74) is -1.60. The van der Waals surface area contributed by atoms with Gasteiger partial charge in [0, 0.05) is 24.2 Å². The molecule has 19 heavy (non-hydrogen) atoms. The molecule has 3 unspecified atom stereocenters. The fourth-order valence-corrected chi connectivity index (χ4v) is 3.39. The lowest BCUT2D eigenvalue weighted by atomic mass is 9.59. The van der Waals surface area contributed by atoms with Crippen molar-refractivity contribution in [3.63, 3.8) is 0 Å². The summed E-state index contributed by atoms with van der Waals surface area (Å²) >= 11 is 0. The van der Waals surface area contributed by atoms with Gasteiger partial charge in [0.05, 0.1) is 13.2 Å². The lowest BCUT2D eigenvalue weighted by molar-refractivity contribution is -0.248. The number of rotatable bonds is 0. The second-order valence-electron chi connectivity index (χ2n) is 6.49. The molecule has 1 spiro atoms. The maximum Gasteiger partial charge on any atom is 0.169 e. The van der Waals surface area contributed by atoms with Gasteiger partial charge in [0.2, 0.25) is 0 Å². The Kier molecular flexibility index (Phi) is 3.70. The molecule has 0 aromatic heterocycles. The van der Waals surface area contributed by atoms with E-state index in [1.54, 1.807) is 6.92 Å². The van der Waals surface area contributed by atoms with Crippen LogP contribution in [0.5, 0.6) is 0 Å². The van der Waals surface area contributed by atoms with Crippen LogP contribution in [0.15, 0.2) is 0 Å². The highest BCUT2D eigenvalue weighted by molar-refractivity contribution is 5.24. The van der Waals surface area contributed by atoms with E-state index in [1.807, 2.05) is 20.8 Å². The summed E-state index contributed by atoms with van der Waals surface area (Å²) in [5.74, 6) is 4.93. The van der Waals surface area contributed by atoms with E-state index in [-0.39, 0.29) is 5.92 Å². The molecule has 1 saturated carbocycles. The minimum Gasteiger partial charge on any atom is -0.381 e. The van der Waals surface area contributed by atoms with Crippen molar-refractivity contribution in [2.75, 3.05) is 13.2 Å². The quantitative estimate of drug-likeness (QED) is 0.650. The summed E-state index contributed by atoms with van der Waals surface area (Å²) in [5, 5.41) is 20.3. The van der Waals surface area contributed by atoms with Crippen LogP contribution >= 0.6 is 0 Å². The minimum atomic E-state index is -1.13. The van der Waals surface area contributed by atoms with E-state index in [2.05, 4.69) is 11.8 Å². The molecule has 4 heteroatoms. The van der Waals surface area contributed by atoms with Crippen molar-refractivity contribution in [1.82, 2.24) is 0 Å². The van der Waals surface area contributed by atoms with Crippen LogP contribution in [0.3, 0.4) is 0 Å². The van der Waals surface area contributed by atoms with E-state index in [0.717, 1.165) is 0 Å². The van der Waals surface area contributed by atoms with Crippen LogP contribution in [-0.2, 0) is 9.47 Å². The van der Waals surface area contributed by atoms with Gasteiger partial charge < -0.3 is 19.7 Å². The fourth-order valence-electron chi connectivity index (χ4n) is 3.39. The first kappa shape index (κ1) is 14.8. The predicted molar refractivity (Wildman–Crippen MR) is 71.2 cm³/mol. The summed E-state index contributed by atoms with van der Waals surface area (Å²) in [6.07, 6.45) is 0.499. The van der Waals surface area contributed by atoms with Crippen LogP contribution in [0.1, 0.15) is 40.5 Å². The van der Waals surface area contributed by atoms with Crippen LogP contribution in [0.25, 0.3) is 0 Å². The number of hydrogen-bond acceptors (Lipinski definition) is 4. The second kappa shape index (κ2) is 4.75. The summed E-state index contributed by atoms with van der Waals surface area (Å²) in [4.78, 5) is 0. The Bertz CT molecular complexity index is 398. The molecule has 1 aliphatic carbocycles. The molecule has 0 aromatic carbocycles. The Hall–Kier alpha value is -0.600. The molecule has 2 N–H and O–H groups in total. The van der Waals surface area contributed by atoms with Crippen LogP contribution in [0, 0.1) is 23.2 Å². The number of ether oxygens (including phenoxy) is 2. The van der Waals surface area contributed by atoms with Crippen LogP contribution in [0.4, 0.5) is 0 Å². The zero-order valence-electron chi connectivity index (χ0n) is 12.2. The van der Waals surface area contributed by atoms with Gasteiger partial charge in [0.1, 0.15) is 11.7 Å². The van der Waals surface area contributed by atoms with E-state index >= 15 is 0 Å². The first-order valence-electron chi connectivity index (χ1n) is 6.92. The first-order chi connectivity index (χ1) is 8.71. The topological polar surface area (TPSA) is 58.9 Å². The van der Waals surface area contributed by atoms with E-state index in [9.17, 15) is 10.2 Å². The molecular weight excluding hydrogens is 244 g/mol. The fraction of sp³-hybridized carbons (Fsp3) is 0.867. The van der Waals surface area contributed by atoms with Gasteiger partial charge in [-0.25, -0.2) is 0 Å². The summed E-state index contributed by atoms with van der Waals surface area (Å²) < 4.78 is 11.6. The molecule has 0 bridgehead atoms. The molecule has 0 radical (unpaired) electrons. The van der Waals surface area contributed by atoms with Gasteiger partial charge in [-0.3, -0.25) is 0 Å². The van der Waals surface area contributed by atoms with E-state index in [1.165, 1.54) is 0 Å². The normalized spacial score (nSPS) is 37.7. The zero-order chi connectivity index (χ0) is 14.3. The highest BCUT2D eigenvalue weighted by atomic mass is 16.7. The number of aliphatic hydroxyl groups excluding tert-OH is 1. The van der Waals surface area contributed by atoms with Gasteiger partial charge in [-0.15, -0.1) is 0 Å². The standard InChI is InChI=1S/C15H24O4/c1-11-9-14(18-7-8-19-14)10-13(3,4)15(11,17)6-5-12(2)16/h11-12,16-17H,7-10H2,1-4H3. The molecular formula is C15H24O4. The molecule has 1 aliphatic heterocycles. The highest BCUT2D eigenvalue weighted by Crippen LogP contribution is 2.53. The third kappa shape index (κ3) is 2.53. The molecule has 2 fully saturated rings. The monoisotopic (exact) mass is 268 g/mol. The first-order valence-corrected chi connectivity index (χ1v) is 6.92. The van der Waals surface area contributed by atoms with Gasteiger partial charge in [0.25, 0.3) is 0 Å². The van der Waals surface area contributed by atoms with Gasteiger partial charge >= 0.3 is 0 Å². The average Bonchev–Trinajstić information content (AvgIpc) is 2.71. The molecule has 2 rings (SSSR count). The van der Waals surface area contributed by atoms with E-state index in [0.29, 0.717) is 26.1 Å². The van der Waals surface area contributed by atoms with Crippen molar-refractivity contribution >= 4 is 0 Å². The third-order valence-electron chi connectivity index (χ3n) is 4.36. The number of hydrogen-bond donors (Lipinski definition) is 2. The third-order valence-corrected chi connectivity index (χ3v) is 4.36. The number of aliphatic hydroxyl groups is 2. The highest BCUT2D eigenvalue weighted by Gasteiger charge is 2.58. The van der Waals surface area contributed by atoms with E-state index < -0.39 is 22.9 Å². The lowest BCUT2D eigenvalue weighted by Gasteiger charge is -2.52. The minimum absolute atomic E-state index is 0.0828. The SMILES string of the molecule is CC(O)C#CC1(O)C(C)CC2(CC1(C)C)OCCO2.